The van der Waals surface area contributed by atoms with E-state index in [1.165, 1.54) is 5.01 Å². The predicted molar refractivity (Wildman–Crippen MR) is 173 cm³/mol. The molecule has 0 bridgehead atoms. The molecule has 220 valence electrons. The van der Waals surface area contributed by atoms with Crippen LogP contribution in [-0.4, -0.2) is 34.6 Å². The predicted octanol–water partition coefficient (Wildman–Crippen LogP) is 6.95. The lowest BCUT2D eigenvalue weighted by atomic mass is 9.91. The number of anilines is 1. The Hall–Kier alpha value is -5.21. The summed E-state index contributed by atoms with van der Waals surface area (Å²) >= 11 is 6.41. The third kappa shape index (κ3) is 5.98. The molecule has 2 amide bonds. The van der Waals surface area contributed by atoms with Crippen molar-refractivity contribution in [2.24, 2.45) is 5.10 Å². The molecule has 0 saturated carbocycles. The molecular weight excluding hydrogens is 576 g/mol. The van der Waals surface area contributed by atoms with Crippen LogP contribution in [0.5, 0.6) is 5.75 Å². The van der Waals surface area contributed by atoms with Gasteiger partial charge in [0.2, 0.25) is 11.8 Å². The number of rotatable bonds is 8. The summed E-state index contributed by atoms with van der Waals surface area (Å²) in [7, 11) is 1.57. The highest BCUT2D eigenvalue weighted by molar-refractivity contribution is 6.31. The van der Waals surface area contributed by atoms with Crippen molar-refractivity contribution in [3.05, 3.63) is 130 Å². The third-order valence-electron chi connectivity index (χ3n) is 7.62. The molecule has 4 aromatic carbocycles. The van der Waals surface area contributed by atoms with E-state index in [0.29, 0.717) is 45.2 Å². The minimum absolute atomic E-state index is 0.0297. The fourth-order valence-electron chi connectivity index (χ4n) is 5.50. The number of fused-ring (bicyclic) bond motifs is 1. The largest absolute Gasteiger partial charge is 0.497 e. The summed E-state index contributed by atoms with van der Waals surface area (Å²) in [5.41, 5.74) is 4.23. The molecule has 1 aliphatic rings. The van der Waals surface area contributed by atoms with Crippen molar-refractivity contribution in [2.75, 3.05) is 12.4 Å². The smallest absolute Gasteiger partial charge is 0.258 e. The summed E-state index contributed by atoms with van der Waals surface area (Å²) in [5, 5.41) is 10.3. The molecule has 1 aliphatic heterocycles. The zero-order chi connectivity index (χ0) is 30.6. The summed E-state index contributed by atoms with van der Waals surface area (Å²) in [6, 6.07) is 31.0. The molecule has 8 nitrogen and oxygen atoms in total. The van der Waals surface area contributed by atoms with Gasteiger partial charge in [-0.05, 0) is 53.6 Å². The summed E-state index contributed by atoms with van der Waals surface area (Å²) < 4.78 is 5.16. The highest BCUT2D eigenvalue weighted by atomic mass is 35.5. The lowest BCUT2D eigenvalue weighted by Crippen LogP contribution is -2.28. The molecule has 0 spiro atoms. The summed E-state index contributed by atoms with van der Waals surface area (Å²) in [6.45, 7) is 0. The molecule has 44 heavy (non-hydrogen) atoms. The number of hydrogen-bond acceptors (Lipinski definition) is 5. The first-order valence-electron chi connectivity index (χ1n) is 14.2. The first-order chi connectivity index (χ1) is 21.4. The summed E-state index contributed by atoms with van der Waals surface area (Å²) in [6.07, 6.45) is 0.234. The van der Waals surface area contributed by atoms with Crippen LogP contribution in [-0.2, 0) is 9.59 Å². The van der Waals surface area contributed by atoms with Crippen LogP contribution in [0.1, 0.15) is 36.4 Å². The molecule has 0 radical (unpaired) electrons. The standard InChI is InChI=1S/C35H29ClN4O4/c1-44-26-15-13-25(14-16-26)37-31(41)18-19-32(42)40-30(22-8-4-2-5-9-22)21-29(39-40)34-33(23-10-6-3-7-11-23)27-20-24(36)12-17-28(27)38-35(34)43/h2-17,20,30H,18-19,21H2,1H3,(H,37,41)(H,38,43)/t30-/m0/s1. The highest BCUT2D eigenvalue weighted by Gasteiger charge is 2.35. The Morgan fingerprint density at radius 2 is 1.64 bits per heavy atom. The van der Waals surface area contributed by atoms with Gasteiger partial charge in [-0.2, -0.15) is 5.10 Å². The van der Waals surface area contributed by atoms with Crippen LogP contribution < -0.4 is 15.6 Å². The fourth-order valence-corrected chi connectivity index (χ4v) is 5.68. The van der Waals surface area contributed by atoms with Crippen molar-refractivity contribution < 1.29 is 14.3 Å². The topological polar surface area (TPSA) is 104 Å². The van der Waals surface area contributed by atoms with Crippen LogP contribution in [0, 0.1) is 0 Å². The van der Waals surface area contributed by atoms with E-state index in [-0.39, 0.29) is 30.2 Å². The van der Waals surface area contributed by atoms with E-state index in [4.69, 9.17) is 21.4 Å². The molecule has 1 aromatic heterocycles. The second kappa shape index (κ2) is 12.6. The van der Waals surface area contributed by atoms with E-state index in [1.807, 2.05) is 66.7 Å². The lowest BCUT2D eigenvalue weighted by Gasteiger charge is -2.22. The molecule has 0 aliphatic carbocycles. The molecule has 2 N–H and O–H groups in total. The van der Waals surface area contributed by atoms with Crippen molar-refractivity contribution in [2.45, 2.75) is 25.3 Å². The average molecular weight is 605 g/mol. The van der Waals surface area contributed by atoms with E-state index in [1.54, 1.807) is 43.5 Å². The molecule has 1 atom stereocenters. The number of aromatic nitrogens is 1. The van der Waals surface area contributed by atoms with Gasteiger partial charge in [0.1, 0.15) is 5.75 Å². The number of H-pyrrole nitrogens is 1. The first kappa shape index (κ1) is 28.9. The number of hydrogen-bond donors (Lipinski definition) is 2. The van der Waals surface area contributed by atoms with Crippen molar-refractivity contribution in [3.8, 4) is 16.9 Å². The molecule has 5 aromatic rings. The minimum Gasteiger partial charge on any atom is -0.497 e. The fraction of sp³-hybridized carbons (Fsp3) is 0.143. The van der Waals surface area contributed by atoms with Crippen LogP contribution in [0.15, 0.2) is 113 Å². The van der Waals surface area contributed by atoms with E-state index in [2.05, 4.69) is 10.3 Å². The summed E-state index contributed by atoms with van der Waals surface area (Å²) in [5.74, 6) is 0.0641. The number of benzene rings is 4. The lowest BCUT2D eigenvalue weighted by molar-refractivity contribution is -0.134. The second-order valence-corrected chi connectivity index (χ2v) is 10.9. The number of aromatic amines is 1. The van der Waals surface area contributed by atoms with Crippen LogP contribution >= 0.6 is 11.6 Å². The number of nitrogens with one attached hydrogen (secondary N) is 2. The van der Waals surface area contributed by atoms with Crippen LogP contribution in [0.2, 0.25) is 5.02 Å². The number of nitrogens with zero attached hydrogens (tertiary/aromatic N) is 2. The maximum atomic E-state index is 13.7. The molecule has 6 rings (SSSR count). The molecule has 0 saturated heterocycles. The van der Waals surface area contributed by atoms with Crippen molar-refractivity contribution in [1.29, 1.82) is 0 Å². The molecular formula is C35H29ClN4O4. The van der Waals surface area contributed by atoms with Gasteiger partial charge >= 0.3 is 0 Å². The highest BCUT2D eigenvalue weighted by Crippen LogP contribution is 2.37. The van der Waals surface area contributed by atoms with Gasteiger partial charge in [-0.15, -0.1) is 0 Å². The quantitative estimate of drug-likeness (QED) is 0.200. The molecule has 0 fully saturated rings. The third-order valence-corrected chi connectivity index (χ3v) is 7.85. The SMILES string of the molecule is COc1ccc(NC(=O)CCC(=O)N2N=C(c3c(-c4ccccc4)c4cc(Cl)ccc4[nH]c3=O)C[C@H]2c2ccccc2)cc1. The number of hydrazone groups is 1. The number of pyridine rings is 1. The monoisotopic (exact) mass is 604 g/mol. The van der Waals surface area contributed by atoms with Gasteiger partial charge in [0.05, 0.1) is 24.4 Å². The van der Waals surface area contributed by atoms with Crippen LogP contribution in [0.4, 0.5) is 5.69 Å². The first-order valence-corrected chi connectivity index (χ1v) is 14.6. The number of carbonyl (C=O) groups is 2. The Kier molecular flexibility index (Phi) is 8.25. The number of carbonyl (C=O) groups excluding carboxylic acids is 2. The Balaban J connectivity index is 1.35. The van der Waals surface area contributed by atoms with E-state index in [0.717, 1.165) is 16.5 Å². The molecule has 2 heterocycles. The number of ether oxygens (including phenoxy) is 1. The van der Waals surface area contributed by atoms with Gasteiger partial charge in [-0.25, -0.2) is 5.01 Å². The van der Waals surface area contributed by atoms with Gasteiger partial charge in [-0.1, -0.05) is 72.3 Å². The summed E-state index contributed by atoms with van der Waals surface area (Å²) in [4.78, 5) is 43.1. The van der Waals surface area contributed by atoms with Gasteiger partial charge in [-0.3, -0.25) is 14.4 Å². The Morgan fingerprint density at radius 1 is 0.932 bits per heavy atom. The van der Waals surface area contributed by atoms with E-state index in [9.17, 15) is 14.4 Å². The van der Waals surface area contributed by atoms with Crippen molar-refractivity contribution >= 4 is 45.7 Å². The normalized spacial score (nSPS) is 14.4. The van der Waals surface area contributed by atoms with Gasteiger partial charge in [0, 0.05) is 46.4 Å². The van der Waals surface area contributed by atoms with Crippen molar-refractivity contribution in [3.63, 3.8) is 0 Å². The van der Waals surface area contributed by atoms with Crippen molar-refractivity contribution in [1.82, 2.24) is 9.99 Å². The zero-order valence-electron chi connectivity index (χ0n) is 23.9. The van der Waals surface area contributed by atoms with E-state index < -0.39 is 6.04 Å². The number of halogens is 1. The Morgan fingerprint density at radius 3 is 2.34 bits per heavy atom. The molecule has 9 heteroatoms. The zero-order valence-corrected chi connectivity index (χ0v) is 24.7. The average Bonchev–Trinajstić information content (AvgIpc) is 3.49. The Labute approximate surface area is 258 Å². The number of amides is 2. The van der Waals surface area contributed by atoms with Gasteiger partial charge in [0.15, 0.2) is 0 Å². The maximum Gasteiger partial charge on any atom is 0.258 e. The van der Waals surface area contributed by atoms with Crippen LogP contribution in [0.25, 0.3) is 22.0 Å². The van der Waals surface area contributed by atoms with Crippen LogP contribution in [0.3, 0.4) is 0 Å². The van der Waals surface area contributed by atoms with Gasteiger partial charge < -0.3 is 15.0 Å². The number of methoxy groups -OCH3 is 1. The second-order valence-electron chi connectivity index (χ2n) is 10.5. The van der Waals surface area contributed by atoms with Gasteiger partial charge in [0.25, 0.3) is 5.56 Å². The Bertz CT molecular complexity index is 1920. The van der Waals surface area contributed by atoms with E-state index >= 15 is 0 Å². The molecule has 0 unspecified atom stereocenters. The maximum absolute atomic E-state index is 13.7. The minimum atomic E-state index is -0.443.